The molecule has 1 aromatic rings. The van der Waals surface area contributed by atoms with Gasteiger partial charge in [-0.05, 0) is 70.3 Å². The van der Waals surface area contributed by atoms with E-state index in [9.17, 15) is 26.7 Å². The largest absolute Gasteiger partial charge is 0.493 e. The fourth-order valence-corrected chi connectivity index (χ4v) is 3.12. The number of rotatable bonds is 3. The number of hydrogen-bond donors (Lipinski definition) is 2. The Kier molecular flexibility index (Phi) is 5.96. The second-order valence-electron chi connectivity index (χ2n) is 8.40. The van der Waals surface area contributed by atoms with E-state index < -0.39 is 53.4 Å². The molecule has 0 radical (unpaired) electrons. The van der Waals surface area contributed by atoms with Crippen LogP contribution in [-0.4, -0.2) is 24.4 Å². The first-order valence-electron chi connectivity index (χ1n) is 9.59. The van der Waals surface area contributed by atoms with Gasteiger partial charge in [0.1, 0.15) is 11.6 Å². The highest BCUT2D eigenvalue weighted by Crippen LogP contribution is 2.41. The molecule has 3 rings (SSSR count). The van der Waals surface area contributed by atoms with E-state index in [4.69, 9.17) is 9.31 Å². The molecule has 11 heteroatoms. The van der Waals surface area contributed by atoms with Crippen LogP contribution < -0.4 is 10.6 Å². The lowest BCUT2D eigenvalue weighted by atomic mass is 9.73. The van der Waals surface area contributed by atoms with E-state index in [1.165, 1.54) is 0 Å². The van der Waals surface area contributed by atoms with Crippen molar-refractivity contribution in [3.8, 4) is 0 Å². The van der Waals surface area contributed by atoms with Crippen LogP contribution >= 0.6 is 0 Å². The monoisotopic (exact) mass is 444 g/mol. The van der Waals surface area contributed by atoms with Crippen LogP contribution in [0.4, 0.5) is 32.4 Å². The Morgan fingerprint density at radius 3 is 2.19 bits per heavy atom. The molecule has 1 aromatic carbocycles. The molecular formula is C20H22BF5N2O3. The smallest absolute Gasteiger partial charge is 0.399 e. The molecular weight excluding hydrogens is 422 g/mol. The van der Waals surface area contributed by atoms with E-state index in [0.29, 0.717) is 23.7 Å². The SMILES string of the molecule is CC1(C)OB(C2=C(F)C=C(NC(=O)Nc3cc(C(F)(F)F)ccc3F)CC2)OC1(C)C. The van der Waals surface area contributed by atoms with Gasteiger partial charge in [-0.15, -0.1) is 0 Å². The lowest BCUT2D eigenvalue weighted by Crippen LogP contribution is -2.41. The van der Waals surface area contributed by atoms with Crippen molar-refractivity contribution in [3.05, 3.63) is 52.7 Å². The van der Waals surface area contributed by atoms with Gasteiger partial charge in [0.2, 0.25) is 0 Å². The average molecular weight is 444 g/mol. The fraction of sp³-hybridized carbons (Fsp3) is 0.450. The third-order valence-electron chi connectivity index (χ3n) is 5.63. The first kappa shape index (κ1) is 23.3. The summed E-state index contributed by atoms with van der Waals surface area (Å²) in [4.78, 5) is 12.1. The summed E-state index contributed by atoms with van der Waals surface area (Å²) >= 11 is 0. The highest BCUT2D eigenvalue weighted by molar-refractivity contribution is 6.54. The Bertz CT molecular complexity index is 941. The molecule has 1 saturated heterocycles. The predicted octanol–water partition coefficient (Wildman–Crippen LogP) is 5.50. The summed E-state index contributed by atoms with van der Waals surface area (Å²) in [7, 11) is -0.865. The van der Waals surface area contributed by atoms with Gasteiger partial charge in [-0.1, -0.05) is 0 Å². The number of alkyl halides is 3. The summed E-state index contributed by atoms with van der Waals surface area (Å²) in [6.45, 7) is 7.37. The normalized spacial score (nSPS) is 20.5. The summed E-state index contributed by atoms with van der Waals surface area (Å²) in [5, 5.41) is 4.35. The molecule has 5 nitrogen and oxygen atoms in total. The molecule has 1 aliphatic heterocycles. The van der Waals surface area contributed by atoms with Gasteiger partial charge in [0.05, 0.1) is 22.5 Å². The van der Waals surface area contributed by atoms with Crippen LogP contribution in [0.15, 0.2) is 41.3 Å². The highest BCUT2D eigenvalue weighted by Gasteiger charge is 2.53. The van der Waals surface area contributed by atoms with Gasteiger partial charge in [-0.3, -0.25) is 0 Å². The van der Waals surface area contributed by atoms with Gasteiger partial charge in [-0.2, -0.15) is 13.2 Å². The Morgan fingerprint density at radius 1 is 1.03 bits per heavy atom. The Morgan fingerprint density at radius 2 is 1.65 bits per heavy atom. The first-order chi connectivity index (χ1) is 14.2. The van der Waals surface area contributed by atoms with Gasteiger partial charge in [0, 0.05) is 5.70 Å². The van der Waals surface area contributed by atoms with Crippen molar-refractivity contribution in [2.45, 2.75) is 57.9 Å². The first-order valence-corrected chi connectivity index (χ1v) is 9.59. The molecule has 2 aliphatic rings. The minimum atomic E-state index is -4.69. The van der Waals surface area contributed by atoms with E-state index in [1.54, 1.807) is 0 Å². The molecule has 2 amide bonds. The van der Waals surface area contributed by atoms with E-state index in [1.807, 2.05) is 33.0 Å². The van der Waals surface area contributed by atoms with Crippen molar-refractivity contribution >= 4 is 18.8 Å². The second kappa shape index (κ2) is 7.94. The van der Waals surface area contributed by atoms with Gasteiger partial charge in [0.15, 0.2) is 0 Å². The number of urea groups is 1. The minimum absolute atomic E-state index is 0.183. The van der Waals surface area contributed by atoms with Crippen molar-refractivity contribution < 1.29 is 36.1 Å². The molecule has 2 N–H and O–H groups in total. The number of amides is 2. The summed E-state index contributed by atoms with van der Waals surface area (Å²) in [6, 6.07) is 0.675. The van der Waals surface area contributed by atoms with E-state index in [2.05, 4.69) is 5.32 Å². The third kappa shape index (κ3) is 4.93. The molecule has 168 valence electrons. The lowest BCUT2D eigenvalue weighted by molar-refractivity contribution is -0.137. The quantitative estimate of drug-likeness (QED) is 0.479. The van der Waals surface area contributed by atoms with Gasteiger partial charge in [-0.25, -0.2) is 13.6 Å². The van der Waals surface area contributed by atoms with Crippen LogP contribution in [0, 0.1) is 5.82 Å². The average Bonchev–Trinajstić information content (AvgIpc) is 2.83. The number of benzene rings is 1. The number of anilines is 1. The molecule has 0 spiro atoms. The number of carbonyl (C=O) groups excluding carboxylic acids is 1. The second-order valence-corrected chi connectivity index (χ2v) is 8.40. The van der Waals surface area contributed by atoms with Crippen LogP contribution in [-0.2, 0) is 15.5 Å². The molecule has 0 bridgehead atoms. The van der Waals surface area contributed by atoms with Crippen molar-refractivity contribution in [2.24, 2.45) is 0 Å². The maximum absolute atomic E-state index is 14.7. The van der Waals surface area contributed by atoms with Crippen LogP contribution in [0.3, 0.4) is 0 Å². The van der Waals surface area contributed by atoms with Crippen LogP contribution in [0.25, 0.3) is 0 Å². The topological polar surface area (TPSA) is 59.6 Å². The van der Waals surface area contributed by atoms with Crippen LogP contribution in [0.2, 0.25) is 0 Å². The van der Waals surface area contributed by atoms with Crippen molar-refractivity contribution in [1.29, 1.82) is 0 Å². The number of carbonyl (C=O) groups is 1. The number of hydrogen-bond acceptors (Lipinski definition) is 3. The zero-order valence-electron chi connectivity index (χ0n) is 17.4. The number of halogens is 5. The summed E-state index contributed by atoms with van der Waals surface area (Å²) in [5.74, 6) is -1.67. The third-order valence-corrected chi connectivity index (χ3v) is 5.63. The van der Waals surface area contributed by atoms with E-state index >= 15 is 0 Å². The van der Waals surface area contributed by atoms with Crippen molar-refractivity contribution in [3.63, 3.8) is 0 Å². The minimum Gasteiger partial charge on any atom is -0.399 e. The summed E-state index contributed by atoms with van der Waals surface area (Å²) < 4.78 is 78.5. The molecule has 1 heterocycles. The van der Waals surface area contributed by atoms with Crippen molar-refractivity contribution in [2.75, 3.05) is 5.32 Å². The molecule has 0 aromatic heterocycles. The lowest BCUT2D eigenvalue weighted by Gasteiger charge is -2.32. The van der Waals surface area contributed by atoms with Crippen LogP contribution in [0.1, 0.15) is 46.1 Å². The molecule has 31 heavy (non-hydrogen) atoms. The van der Waals surface area contributed by atoms with Crippen molar-refractivity contribution in [1.82, 2.24) is 5.32 Å². The van der Waals surface area contributed by atoms with Gasteiger partial charge >= 0.3 is 19.3 Å². The van der Waals surface area contributed by atoms with Gasteiger partial charge in [0.25, 0.3) is 0 Å². The molecule has 1 aliphatic carbocycles. The molecule has 0 saturated carbocycles. The zero-order valence-corrected chi connectivity index (χ0v) is 17.4. The standard InChI is InChI=1S/C20H22BF5N2O3/c1-18(2)19(3,4)31-21(30-18)13-7-6-12(10-15(13)23)27-17(29)28-16-9-11(20(24,25)26)5-8-14(16)22/h5,8-10H,6-7H2,1-4H3,(H2,27,28,29). The predicted molar refractivity (Wildman–Crippen MR) is 105 cm³/mol. The molecule has 1 fully saturated rings. The highest BCUT2D eigenvalue weighted by atomic mass is 19.4. The number of nitrogens with one attached hydrogen (secondary N) is 2. The zero-order chi connectivity index (χ0) is 23.2. The molecule has 0 atom stereocenters. The Balaban J connectivity index is 1.69. The maximum Gasteiger partial charge on any atom is 0.493 e. The van der Waals surface area contributed by atoms with Gasteiger partial charge < -0.3 is 19.9 Å². The van der Waals surface area contributed by atoms with E-state index in [0.717, 1.165) is 6.08 Å². The number of allylic oxidation sites excluding steroid dienone is 4. The maximum atomic E-state index is 14.7. The summed E-state index contributed by atoms with van der Waals surface area (Å²) in [5.41, 5.74) is -2.54. The van der Waals surface area contributed by atoms with Crippen LogP contribution in [0.5, 0.6) is 0 Å². The Labute approximate surface area is 176 Å². The Hall–Kier alpha value is -2.40. The van der Waals surface area contributed by atoms with E-state index in [-0.39, 0.29) is 18.5 Å². The summed E-state index contributed by atoms with van der Waals surface area (Å²) in [6.07, 6.45) is -3.17. The molecule has 0 unspecified atom stereocenters. The fourth-order valence-electron chi connectivity index (χ4n) is 3.12.